The van der Waals surface area contributed by atoms with Gasteiger partial charge in [0.15, 0.2) is 0 Å². The molecule has 2 rings (SSSR count). The number of nitrogens with zero attached hydrogens (tertiary/aromatic N) is 2. The van der Waals surface area contributed by atoms with Gasteiger partial charge in [-0.15, -0.1) is 0 Å². The summed E-state index contributed by atoms with van der Waals surface area (Å²) in [6.07, 6.45) is -3.81. The minimum absolute atomic E-state index is 0.00509. The summed E-state index contributed by atoms with van der Waals surface area (Å²) in [4.78, 5) is 28.0. The molecule has 1 unspecified atom stereocenters. The van der Waals surface area contributed by atoms with Gasteiger partial charge in [0, 0.05) is 13.1 Å². The second-order valence-electron chi connectivity index (χ2n) is 9.44. The van der Waals surface area contributed by atoms with Gasteiger partial charge in [0.25, 0.3) is 0 Å². The molecule has 0 saturated heterocycles. The van der Waals surface area contributed by atoms with Crippen LogP contribution in [0.5, 0.6) is 0 Å². The zero-order valence-corrected chi connectivity index (χ0v) is 23.5. The number of hydrogen-bond donors (Lipinski definition) is 1. The Bertz CT molecular complexity index is 1250. The molecule has 0 bridgehead atoms. The van der Waals surface area contributed by atoms with Crippen molar-refractivity contribution < 1.29 is 31.2 Å². The van der Waals surface area contributed by atoms with Gasteiger partial charge in [-0.05, 0) is 48.6 Å². The molecule has 1 N–H and O–H groups in total. The number of sulfonamides is 1. The van der Waals surface area contributed by atoms with E-state index in [1.165, 1.54) is 4.90 Å². The highest BCUT2D eigenvalue weighted by Gasteiger charge is 2.36. The van der Waals surface area contributed by atoms with Crippen LogP contribution in [0.1, 0.15) is 43.9 Å². The Kier molecular flexibility index (Phi) is 10.6. The lowest BCUT2D eigenvalue weighted by Crippen LogP contribution is -2.52. The molecule has 38 heavy (non-hydrogen) atoms. The van der Waals surface area contributed by atoms with Crippen molar-refractivity contribution >= 4 is 39.1 Å². The van der Waals surface area contributed by atoms with Gasteiger partial charge < -0.3 is 10.2 Å². The lowest BCUT2D eigenvalue weighted by Gasteiger charge is -2.33. The van der Waals surface area contributed by atoms with E-state index in [9.17, 15) is 31.2 Å². The normalized spacial score (nSPS) is 12.8. The van der Waals surface area contributed by atoms with E-state index in [2.05, 4.69) is 5.32 Å². The van der Waals surface area contributed by atoms with Gasteiger partial charge >= 0.3 is 6.18 Å². The fourth-order valence-electron chi connectivity index (χ4n) is 3.81. The fraction of sp³-hybridized carbons (Fsp3) is 0.462. The minimum Gasteiger partial charge on any atom is -0.354 e. The summed E-state index contributed by atoms with van der Waals surface area (Å²) in [7, 11) is -4.20. The molecule has 210 valence electrons. The number of anilines is 1. The van der Waals surface area contributed by atoms with Crippen LogP contribution in [0.2, 0.25) is 5.02 Å². The molecule has 0 heterocycles. The number of halogens is 4. The van der Waals surface area contributed by atoms with Crippen LogP contribution in [-0.2, 0) is 32.3 Å². The van der Waals surface area contributed by atoms with Gasteiger partial charge in [0.05, 0.1) is 22.5 Å². The first-order valence-electron chi connectivity index (χ1n) is 12.0. The van der Waals surface area contributed by atoms with E-state index >= 15 is 0 Å². The second-order valence-corrected chi connectivity index (χ2v) is 11.8. The summed E-state index contributed by atoms with van der Waals surface area (Å²) >= 11 is 5.70. The smallest absolute Gasteiger partial charge is 0.354 e. The van der Waals surface area contributed by atoms with Crippen molar-refractivity contribution in [2.75, 3.05) is 23.7 Å². The fourth-order valence-corrected chi connectivity index (χ4v) is 4.88. The molecule has 7 nitrogen and oxygen atoms in total. The van der Waals surface area contributed by atoms with E-state index in [-0.39, 0.29) is 24.6 Å². The highest BCUT2D eigenvalue weighted by atomic mass is 35.5. The average molecular weight is 576 g/mol. The lowest BCUT2D eigenvalue weighted by atomic mass is 10.1. The molecule has 2 amide bonds. The van der Waals surface area contributed by atoms with Crippen molar-refractivity contribution in [2.45, 2.75) is 52.9 Å². The number of aryl methyl sites for hydroxylation is 1. The van der Waals surface area contributed by atoms with Crippen LogP contribution < -0.4 is 9.62 Å². The SMILES string of the molecule is CCC(C(=O)NCC(C)C)N(Cc1ccccc1C)C(=O)CN(c1ccc(Cl)c(C(F)(F)F)c1)S(C)(=O)=O. The second kappa shape index (κ2) is 12.8. The van der Waals surface area contributed by atoms with Crippen molar-refractivity contribution in [1.29, 1.82) is 0 Å². The molecule has 0 aliphatic rings. The van der Waals surface area contributed by atoms with Crippen molar-refractivity contribution in [2.24, 2.45) is 5.92 Å². The Morgan fingerprint density at radius 1 is 1.11 bits per heavy atom. The monoisotopic (exact) mass is 575 g/mol. The standard InChI is InChI=1S/C26H33ClF3N3O4S/c1-6-23(25(35)31-14-17(2)3)32(15-19-10-8-7-9-18(19)4)24(34)16-33(38(5,36)37)20-11-12-22(27)21(13-20)26(28,29)30/h7-13,17,23H,6,14-16H2,1-5H3,(H,31,35). The number of carbonyl (C=O) groups is 2. The molecule has 2 aromatic rings. The highest BCUT2D eigenvalue weighted by Crippen LogP contribution is 2.37. The van der Waals surface area contributed by atoms with Crippen LogP contribution in [0.3, 0.4) is 0 Å². The van der Waals surface area contributed by atoms with Crippen LogP contribution >= 0.6 is 11.6 Å². The maximum absolute atomic E-state index is 13.7. The molecule has 0 aromatic heterocycles. The van der Waals surface area contributed by atoms with E-state index in [4.69, 9.17) is 11.6 Å². The summed E-state index contributed by atoms with van der Waals surface area (Å²) in [5.41, 5.74) is 0.00250. The van der Waals surface area contributed by atoms with Gasteiger partial charge in [0.2, 0.25) is 21.8 Å². The maximum atomic E-state index is 13.7. The van der Waals surface area contributed by atoms with Crippen molar-refractivity contribution in [1.82, 2.24) is 10.2 Å². The van der Waals surface area contributed by atoms with Gasteiger partial charge in [-0.25, -0.2) is 8.42 Å². The predicted molar refractivity (Wildman–Crippen MR) is 142 cm³/mol. The first-order chi connectivity index (χ1) is 17.6. The Morgan fingerprint density at radius 2 is 1.74 bits per heavy atom. The van der Waals surface area contributed by atoms with E-state index in [0.717, 1.165) is 29.5 Å². The number of nitrogens with one attached hydrogen (secondary N) is 1. The molecule has 12 heteroatoms. The molecular weight excluding hydrogens is 543 g/mol. The minimum atomic E-state index is -4.83. The number of benzene rings is 2. The van der Waals surface area contributed by atoms with Gasteiger partial charge in [-0.3, -0.25) is 13.9 Å². The average Bonchev–Trinajstić information content (AvgIpc) is 2.81. The number of rotatable bonds is 11. The van der Waals surface area contributed by atoms with E-state index < -0.39 is 51.2 Å². The first-order valence-corrected chi connectivity index (χ1v) is 14.2. The van der Waals surface area contributed by atoms with E-state index in [1.807, 2.05) is 32.9 Å². The predicted octanol–water partition coefficient (Wildman–Crippen LogP) is 5.01. The summed E-state index contributed by atoms with van der Waals surface area (Å²) < 4.78 is 66.3. The molecule has 2 aromatic carbocycles. The maximum Gasteiger partial charge on any atom is 0.417 e. The summed E-state index contributed by atoms with van der Waals surface area (Å²) in [6.45, 7) is 6.98. The van der Waals surface area contributed by atoms with Gasteiger partial charge in [-0.1, -0.05) is 56.6 Å². The molecule has 0 aliphatic heterocycles. The molecule has 0 saturated carbocycles. The molecule has 0 radical (unpaired) electrons. The topological polar surface area (TPSA) is 86.8 Å². The Balaban J connectivity index is 2.52. The first kappa shape index (κ1) is 31.4. The molecule has 0 fully saturated rings. The Morgan fingerprint density at radius 3 is 2.26 bits per heavy atom. The number of hydrogen-bond acceptors (Lipinski definition) is 4. The van der Waals surface area contributed by atoms with Crippen molar-refractivity contribution in [3.8, 4) is 0 Å². The summed E-state index contributed by atoms with van der Waals surface area (Å²) in [6, 6.07) is 8.92. The van der Waals surface area contributed by atoms with Crippen LogP contribution in [0, 0.1) is 12.8 Å². The van der Waals surface area contributed by atoms with E-state index in [1.54, 1.807) is 19.1 Å². The van der Waals surface area contributed by atoms with Crippen LogP contribution in [0.4, 0.5) is 18.9 Å². The van der Waals surface area contributed by atoms with Crippen LogP contribution in [0.25, 0.3) is 0 Å². The number of amides is 2. The van der Waals surface area contributed by atoms with Gasteiger partial charge in [-0.2, -0.15) is 13.2 Å². The number of alkyl halides is 3. The molecule has 0 spiro atoms. The molecular formula is C26H33ClF3N3O4S. The van der Waals surface area contributed by atoms with Crippen LogP contribution in [0.15, 0.2) is 42.5 Å². The Labute approximate surface area is 227 Å². The molecule has 1 atom stereocenters. The lowest BCUT2D eigenvalue weighted by molar-refractivity contribution is -0.140. The van der Waals surface area contributed by atoms with E-state index in [0.29, 0.717) is 16.9 Å². The third kappa shape index (κ3) is 8.36. The number of carbonyl (C=O) groups excluding carboxylic acids is 2. The van der Waals surface area contributed by atoms with Crippen molar-refractivity contribution in [3.05, 3.63) is 64.2 Å². The summed E-state index contributed by atoms with van der Waals surface area (Å²) in [5, 5.41) is 2.21. The van der Waals surface area contributed by atoms with Crippen molar-refractivity contribution in [3.63, 3.8) is 0 Å². The third-order valence-electron chi connectivity index (χ3n) is 5.89. The molecule has 0 aliphatic carbocycles. The zero-order chi connectivity index (χ0) is 28.8. The quantitative estimate of drug-likeness (QED) is 0.408. The zero-order valence-electron chi connectivity index (χ0n) is 22.0. The highest BCUT2D eigenvalue weighted by molar-refractivity contribution is 7.92. The Hall–Kier alpha value is -2.79. The van der Waals surface area contributed by atoms with Gasteiger partial charge in [0.1, 0.15) is 12.6 Å². The summed E-state index contributed by atoms with van der Waals surface area (Å²) in [5.74, 6) is -0.987. The largest absolute Gasteiger partial charge is 0.417 e. The third-order valence-corrected chi connectivity index (χ3v) is 7.37. The van der Waals surface area contributed by atoms with Crippen LogP contribution in [-0.4, -0.2) is 50.5 Å².